The highest BCUT2D eigenvalue weighted by Crippen LogP contribution is 2.35. The molecule has 0 aliphatic carbocycles. The van der Waals surface area contributed by atoms with Crippen LogP contribution < -0.4 is 0 Å². The van der Waals surface area contributed by atoms with Gasteiger partial charge in [0.15, 0.2) is 0 Å². The van der Waals surface area contributed by atoms with Crippen molar-refractivity contribution in [1.29, 1.82) is 0 Å². The van der Waals surface area contributed by atoms with E-state index >= 15 is 0 Å². The number of carbonyl (C=O) groups excluding carboxylic acids is 3. The number of pyridine rings is 1. The van der Waals surface area contributed by atoms with E-state index in [0.717, 1.165) is 10.3 Å². The summed E-state index contributed by atoms with van der Waals surface area (Å²) in [5.41, 5.74) is 1.44. The van der Waals surface area contributed by atoms with Gasteiger partial charge >= 0.3 is 0 Å². The van der Waals surface area contributed by atoms with Gasteiger partial charge in [-0.15, -0.1) is 0 Å². The van der Waals surface area contributed by atoms with E-state index in [9.17, 15) is 14.4 Å². The van der Waals surface area contributed by atoms with Gasteiger partial charge < -0.3 is 9.72 Å². The molecule has 0 unspecified atom stereocenters. The third-order valence-corrected chi connectivity index (χ3v) is 4.09. The Hall–Kier alpha value is -2.48. The molecule has 1 N–H and O–H groups in total. The van der Waals surface area contributed by atoms with Crippen LogP contribution in [0.5, 0.6) is 0 Å². The first kappa shape index (κ1) is 18.9. The standard InChI is InChI=1S/C12H8BrN3O2.C5H10O2/c1-16-11(17)8(9(13)12(16)18)7-5-15-10-6(7)3-2-4-14-10;1-5(2,3)7-4-6/h2-5H,1H3,(H,14,15);4H,1-3H3. The van der Waals surface area contributed by atoms with Crippen molar-refractivity contribution in [3.05, 3.63) is 34.6 Å². The fraction of sp³-hybridized carbons (Fsp3) is 0.294. The number of halogens is 1. The molecule has 2 amide bonds. The second-order valence-corrected chi connectivity index (χ2v) is 7.08. The lowest BCUT2D eigenvalue weighted by atomic mass is 10.1. The molecular weight excluding hydrogens is 390 g/mol. The topological polar surface area (TPSA) is 92.4 Å². The number of H-pyrrole nitrogens is 1. The molecule has 0 bridgehead atoms. The van der Waals surface area contributed by atoms with E-state index in [2.05, 4.69) is 30.6 Å². The van der Waals surface area contributed by atoms with E-state index in [1.54, 1.807) is 18.5 Å². The summed E-state index contributed by atoms with van der Waals surface area (Å²) >= 11 is 3.19. The molecule has 0 fully saturated rings. The summed E-state index contributed by atoms with van der Waals surface area (Å²) in [7, 11) is 1.46. The predicted octanol–water partition coefficient (Wildman–Crippen LogP) is 2.63. The Bertz CT molecular complexity index is 864. The average molecular weight is 408 g/mol. The van der Waals surface area contributed by atoms with E-state index < -0.39 is 0 Å². The summed E-state index contributed by atoms with van der Waals surface area (Å²) in [6.07, 6.45) is 3.36. The van der Waals surface area contributed by atoms with Crippen molar-refractivity contribution in [2.45, 2.75) is 26.4 Å². The van der Waals surface area contributed by atoms with Gasteiger partial charge in [-0.2, -0.15) is 0 Å². The van der Waals surface area contributed by atoms with Gasteiger partial charge in [0.2, 0.25) is 0 Å². The second kappa shape index (κ2) is 7.18. The van der Waals surface area contributed by atoms with Crippen molar-refractivity contribution in [3.8, 4) is 0 Å². The number of imide groups is 1. The Morgan fingerprint density at radius 3 is 2.44 bits per heavy atom. The molecule has 0 saturated carbocycles. The number of ether oxygens (including phenoxy) is 1. The molecule has 1 aliphatic heterocycles. The van der Waals surface area contributed by atoms with Crippen molar-refractivity contribution >= 4 is 50.8 Å². The maximum absolute atomic E-state index is 12.1. The number of aromatic amines is 1. The normalized spacial score (nSPS) is 14.7. The largest absolute Gasteiger partial charge is 0.462 e. The van der Waals surface area contributed by atoms with Gasteiger partial charge in [0, 0.05) is 30.4 Å². The zero-order valence-electron chi connectivity index (χ0n) is 14.3. The molecule has 3 rings (SSSR count). The summed E-state index contributed by atoms with van der Waals surface area (Å²) in [6, 6.07) is 3.65. The lowest BCUT2D eigenvalue weighted by Gasteiger charge is -2.14. The molecule has 0 spiro atoms. The maximum Gasteiger partial charge on any atom is 0.293 e. The highest BCUT2D eigenvalue weighted by atomic mass is 79.9. The first-order chi connectivity index (χ1) is 11.7. The van der Waals surface area contributed by atoms with Crippen LogP contribution in [0.2, 0.25) is 0 Å². The first-order valence-corrected chi connectivity index (χ1v) is 8.22. The zero-order valence-corrected chi connectivity index (χ0v) is 15.9. The number of nitrogens with zero attached hydrogens (tertiary/aromatic N) is 2. The molecule has 25 heavy (non-hydrogen) atoms. The van der Waals surface area contributed by atoms with Crippen LogP contribution in [0.25, 0.3) is 16.6 Å². The molecule has 1 aliphatic rings. The molecule has 0 atom stereocenters. The highest BCUT2D eigenvalue weighted by molar-refractivity contribution is 9.12. The number of carbonyl (C=O) groups is 3. The summed E-state index contributed by atoms with van der Waals surface area (Å²) in [5.74, 6) is -0.634. The molecule has 3 heterocycles. The summed E-state index contributed by atoms with van der Waals surface area (Å²) in [4.78, 5) is 41.6. The average Bonchev–Trinajstić information content (AvgIpc) is 3.03. The van der Waals surface area contributed by atoms with Gasteiger partial charge in [-0.3, -0.25) is 19.3 Å². The molecule has 0 saturated heterocycles. The van der Waals surface area contributed by atoms with E-state index in [1.807, 2.05) is 26.8 Å². The third kappa shape index (κ3) is 3.96. The van der Waals surface area contributed by atoms with E-state index in [-0.39, 0.29) is 17.4 Å². The first-order valence-electron chi connectivity index (χ1n) is 7.43. The molecule has 132 valence electrons. The summed E-state index contributed by atoms with van der Waals surface area (Å²) in [5, 5.41) is 0.820. The fourth-order valence-electron chi connectivity index (χ4n) is 2.15. The van der Waals surface area contributed by atoms with Crippen LogP contribution >= 0.6 is 15.9 Å². The molecule has 0 radical (unpaired) electrons. The number of aromatic nitrogens is 2. The van der Waals surface area contributed by atoms with Gasteiger partial charge in [0.25, 0.3) is 18.3 Å². The molecular formula is C17H18BrN3O4. The molecule has 8 heteroatoms. The minimum absolute atomic E-state index is 0.291. The number of rotatable bonds is 2. The monoisotopic (exact) mass is 407 g/mol. The van der Waals surface area contributed by atoms with Crippen LogP contribution in [-0.4, -0.2) is 45.8 Å². The summed E-state index contributed by atoms with van der Waals surface area (Å²) in [6.45, 7) is 5.92. The second-order valence-electron chi connectivity index (χ2n) is 6.29. The maximum atomic E-state index is 12.1. The van der Waals surface area contributed by atoms with Gasteiger partial charge in [-0.25, -0.2) is 4.98 Å². The Balaban J connectivity index is 0.000000277. The number of hydrogen-bond donors (Lipinski definition) is 1. The zero-order chi connectivity index (χ0) is 18.8. The molecule has 7 nitrogen and oxygen atoms in total. The highest BCUT2D eigenvalue weighted by Gasteiger charge is 2.36. The minimum atomic E-state index is -0.326. The number of amides is 2. The SMILES string of the molecule is CC(C)(C)OC=O.CN1C(=O)C(Br)=C(c2c[nH]c3ncccc23)C1=O. The van der Waals surface area contributed by atoms with Gasteiger partial charge in [0.05, 0.1) is 10.1 Å². The fourth-order valence-corrected chi connectivity index (χ4v) is 2.80. The summed E-state index contributed by atoms with van der Waals surface area (Å²) < 4.78 is 4.84. The third-order valence-electron chi connectivity index (χ3n) is 3.35. The molecule has 0 aromatic carbocycles. The van der Waals surface area contributed by atoms with Crippen molar-refractivity contribution in [3.63, 3.8) is 0 Å². The predicted molar refractivity (Wildman–Crippen MR) is 96.6 cm³/mol. The molecule has 2 aromatic heterocycles. The van der Waals surface area contributed by atoms with Gasteiger partial charge in [-0.1, -0.05) is 0 Å². The van der Waals surface area contributed by atoms with Crippen LogP contribution in [-0.2, 0) is 19.1 Å². The smallest absolute Gasteiger partial charge is 0.293 e. The van der Waals surface area contributed by atoms with E-state index in [0.29, 0.717) is 27.7 Å². The van der Waals surface area contributed by atoms with E-state index in [1.165, 1.54) is 7.05 Å². The lowest BCUT2D eigenvalue weighted by Crippen LogP contribution is -2.26. The number of nitrogens with one attached hydrogen (secondary N) is 1. The van der Waals surface area contributed by atoms with Crippen LogP contribution in [0.15, 0.2) is 29.0 Å². The Kier molecular flexibility index (Phi) is 5.42. The van der Waals surface area contributed by atoms with Gasteiger partial charge in [0.1, 0.15) is 11.2 Å². The van der Waals surface area contributed by atoms with Crippen LogP contribution in [0.4, 0.5) is 0 Å². The lowest BCUT2D eigenvalue weighted by molar-refractivity contribution is -0.139. The van der Waals surface area contributed by atoms with Gasteiger partial charge in [-0.05, 0) is 48.8 Å². The van der Waals surface area contributed by atoms with Crippen molar-refractivity contribution in [1.82, 2.24) is 14.9 Å². The Labute approximate surface area is 153 Å². The number of likely N-dealkylation sites (N-methyl/N-ethyl adjacent to an activating group) is 1. The molecule has 2 aromatic rings. The Morgan fingerprint density at radius 1 is 1.28 bits per heavy atom. The van der Waals surface area contributed by atoms with Crippen molar-refractivity contribution in [2.24, 2.45) is 0 Å². The number of fused-ring (bicyclic) bond motifs is 1. The quantitative estimate of drug-likeness (QED) is 0.609. The van der Waals surface area contributed by atoms with Crippen LogP contribution in [0.1, 0.15) is 26.3 Å². The van der Waals surface area contributed by atoms with Crippen LogP contribution in [0.3, 0.4) is 0 Å². The Morgan fingerprint density at radius 2 is 1.96 bits per heavy atom. The van der Waals surface area contributed by atoms with E-state index in [4.69, 9.17) is 0 Å². The van der Waals surface area contributed by atoms with Crippen molar-refractivity contribution < 1.29 is 19.1 Å². The van der Waals surface area contributed by atoms with Crippen molar-refractivity contribution in [2.75, 3.05) is 7.05 Å². The van der Waals surface area contributed by atoms with Crippen LogP contribution in [0, 0.1) is 0 Å². The minimum Gasteiger partial charge on any atom is -0.462 e. The number of hydrogen-bond acceptors (Lipinski definition) is 5.